The first-order valence-electron chi connectivity index (χ1n) is 12.0. The van der Waals surface area contributed by atoms with Gasteiger partial charge in [0.25, 0.3) is 0 Å². The lowest BCUT2D eigenvalue weighted by molar-refractivity contribution is -0.206. The minimum absolute atomic E-state index is 0.0650. The molecule has 11 atom stereocenters. The third-order valence-electron chi connectivity index (χ3n) is 10.4. The van der Waals surface area contributed by atoms with E-state index in [0.29, 0.717) is 18.8 Å². The summed E-state index contributed by atoms with van der Waals surface area (Å²) in [4.78, 5) is 18.6. The van der Waals surface area contributed by atoms with Crippen LogP contribution in [0, 0.1) is 46.3 Å². The van der Waals surface area contributed by atoms with Crippen molar-refractivity contribution in [3.05, 3.63) is 0 Å². The predicted molar refractivity (Wildman–Crippen MR) is 115 cm³/mol. The van der Waals surface area contributed by atoms with Crippen molar-refractivity contribution in [3.8, 4) is 0 Å². The second-order valence-corrected chi connectivity index (χ2v) is 13.5. The van der Waals surface area contributed by atoms with Crippen molar-refractivity contribution in [2.45, 2.75) is 90.4 Å². The van der Waals surface area contributed by atoms with Gasteiger partial charge in [-0.25, -0.2) is 0 Å². The lowest BCUT2D eigenvalue weighted by Crippen LogP contribution is -2.62. The molecular formula is C23H41O6P. The van der Waals surface area contributed by atoms with E-state index in [4.69, 9.17) is 0 Å². The second-order valence-electron chi connectivity index (χ2n) is 11.7. The third-order valence-corrected chi connectivity index (χ3v) is 11.2. The summed E-state index contributed by atoms with van der Waals surface area (Å²) in [5.41, 5.74) is -0.247. The van der Waals surface area contributed by atoms with Crippen molar-refractivity contribution in [3.63, 3.8) is 0 Å². The Hall–Kier alpha value is 0.0300. The van der Waals surface area contributed by atoms with Gasteiger partial charge in [0, 0.05) is 0 Å². The van der Waals surface area contributed by atoms with E-state index in [0.717, 1.165) is 38.5 Å². The maximum absolute atomic E-state index is 11.5. The van der Waals surface area contributed by atoms with Gasteiger partial charge in [0.15, 0.2) is 0 Å². The Bertz CT molecular complexity index is 695. The van der Waals surface area contributed by atoms with Gasteiger partial charge in [-0.05, 0) is 97.7 Å². The van der Waals surface area contributed by atoms with E-state index in [9.17, 15) is 29.7 Å². The summed E-state index contributed by atoms with van der Waals surface area (Å²) < 4.78 is 11.4. The van der Waals surface area contributed by atoms with Crippen LogP contribution in [0.15, 0.2) is 0 Å². The molecular weight excluding hydrogens is 403 g/mol. The maximum atomic E-state index is 11.5. The molecule has 7 heteroatoms. The van der Waals surface area contributed by atoms with Crippen LogP contribution >= 0.6 is 7.60 Å². The fourth-order valence-electron chi connectivity index (χ4n) is 8.70. The van der Waals surface area contributed by atoms with E-state index in [-0.39, 0.29) is 58.8 Å². The van der Waals surface area contributed by atoms with E-state index in [1.165, 1.54) is 0 Å². The van der Waals surface area contributed by atoms with E-state index in [1.54, 1.807) is 0 Å². The van der Waals surface area contributed by atoms with Gasteiger partial charge in [-0.2, -0.15) is 0 Å². The summed E-state index contributed by atoms with van der Waals surface area (Å²) in [5.74, 6) is 1.36. The Balaban J connectivity index is 1.59. The molecule has 0 amide bonds. The molecule has 30 heavy (non-hydrogen) atoms. The van der Waals surface area contributed by atoms with Crippen LogP contribution in [-0.2, 0) is 4.57 Å². The zero-order valence-corrected chi connectivity index (χ0v) is 19.5. The number of fused-ring (bicyclic) bond motifs is 5. The lowest BCUT2D eigenvalue weighted by atomic mass is 9.43. The Morgan fingerprint density at radius 2 is 1.70 bits per heavy atom. The first-order chi connectivity index (χ1) is 13.9. The van der Waals surface area contributed by atoms with Gasteiger partial charge in [0.1, 0.15) is 0 Å². The van der Waals surface area contributed by atoms with Crippen molar-refractivity contribution in [1.82, 2.24) is 0 Å². The summed E-state index contributed by atoms with van der Waals surface area (Å²) in [6, 6.07) is 0. The summed E-state index contributed by atoms with van der Waals surface area (Å²) in [5, 5.41) is 32.9. The number of hydrogen-bond acceptors (Lipinski definition) is 4. The zero-order valence-electron chi connectivity index (χ0n) is 18.7. The Morgan fingerprint density at radius 3 is 2.37 bits per heavy atom. The standard InChI is InChI=1S/C23H41O6P/c1-13(7-9-30(27,28)29)16-4-5-17-21-18(12-20(26)23(16,17)3)22(2)8-6-15(24)10-14(22)11-19(21)25/h13-21,24-26H,4-12H2,1-3H3,(H2,27,28,29)/t13-,14+,15-,16-,17+,18+,19-,20+,21+,22+,23-/m1/s1. The summed E-state index contributed by atoms with van der Waals surface area (Å²) >= 11 is 0. The van der Waals surface area contributed by atoms with Crippen molar-refractivity contribution in [2.24, 2.45) is 46.3 Å². The number of hydrogen-bond donors (Lipinski definition) is 5. The Kier molecular flexibility index (Phi) is 6.04. The Morgan fingerprint density at radius 1 is 1.00 bits per heavy atom. The molecule has 0 saturated heterocycles. The molecule has 4 aliphatic rings. The van der Waals surface area contributed by atoms with Crippen LogP contribution in [0.1, 0.15) is 72.1 Å². The van der Waals surface area contributed by atoms with Crippen LogP contribution < -0.4 is 0 Å². The molecule has 0 aliphatic heterocycles. The largest absolute Gasteiger partial charge is 0.393 e. The highest BCUT2D eigenvalue weighted by atomic mass is 31.2. The van der Waals surface area contributed by atoms with Gasteiger partial charge >= 0.3 is 7.60 Å². The van der Waals surface area contributed by atoms with Gasteiger partial charge in [0.05, 0.1) is 24.5 Å². The van der Waals surface area contributed by atoms with Crippen molar-refractivity contribution >= 4 is 7.60 Å². The molecule has 0 aromatic carbocycles. The molecule has 4 rings (SSSR count). The monoisotopic (exact) mass is 444 g/mol. The van der Waals surface area contributed by atoms with Gasteiger partial charge in [-0.15, -0.1) is 0 Å². The Labute approximate surface area is 180 Å². The highest BCUT2D eigenvalue weighted by molar-refractivity contribution is 7.51. The number of aliphatic hydroxyl groups excluding tert-OH is 3. The molecule has 4 saturated carbocycles. The SMILES string of the molecule is C[C@H](CCP(=O)(O)O)[C@H]1CC[C@H]2[C@@H]3[C@H](O)C[C@@H]4C[C@H](O)CC[C@]4(C)[C@H]3C[C@H](O)[C@]12C. The fraction of sp³-hybridized carbons (Fsp3) is 1.00. The van der Waals surface area contributed by atoms with Gasteiger partial charge in [-0.3, -0.25) is 4.57 Å². The summed E-state index contributed by atoms with van der Waals surface area (Å²) in [6.45, 7) is 6.58. The normalized spacial score (nSPS) is 52.3. The van der Waals surface area contributed by atoms with Gasteiger partial charge in [-0.1, -0.05) is 20.8 Å². The number of aliphatic hydroxyl groups is 3. The van der Waals surface area contributed by atoms with E-state index >= 15 is 0 Å². The van der Waals surface area contributed by atoms with Crippen molar-refractivity contribution < 1.29 is 29.7 Å². The van der Waals surface area contributed by atoms with E-state index < -0.39 is 13.7 Å². The van der Waals surface area contributed by atoms with Crippen LogP contribution in [0.3, 0.4) is 0 Å². The van der Waals surface area contributed by atoms with Crippen LogP contribution in [0.25, 0.3) is 0 Å². The third kappa shape index (κ3) is 3.64. The quantitative estimate of drug-likeness (QED) is 0.425. The first-order valence-corrected chi connectivity index (χ1v) is 13.8. The predicted octanol–water partition coefficient (Wildman–Crippen LogP) is 3.15. The molecule has 0 heterocycles. The van der Waals surface area contributed by atoms with E-state index in [2.05, 4.69) is 20.8 Å². The zero-order chi connectivity index (χ0) is 22.1. The minimum atomic E-state index is -4.02. The van der Waals surface area contributed by atoms with Crippen molar-refractivity contribution in [2.75, 3.05) is 6.16 Å². The second kappa shape index (κ2) is 7.81. The molecule has 174 valence electrons. The highest BCUT2D eigenvalue weighted by Gasteiger charge is 2.65. The first kappa shape index (κ1) is 23.2. The molecule has 0 aromatic rings. The molecule has 4 aliphatic carbocycles. The lowest BCUT2D eigenvalue weighted by Gasteiger charge is -2.63. The smallest absolute Gasteiger partial charge is 0.325 e. The fourth-order valence-corrected chi connectivity index (χ4v) is 9.45. The average Bonchev–Trinajstić information content (AvgIpc) is 3.00. The molecule has 0 aromatic heterocycles. The molecule has 0 bridgehead atoms. The van der Waals surface area contributed by atoms with E-state index in [1.807, 2.05) is 0 Å². The van der Waals surface area contributed by atoms with Gasteiger partial charge in [0.2, 0.25) is 0 Å². The maximum Gasteiger partial charge on any atom is 0.325 e. The summed E-state index contributed by atoms with van der Waals surface area (Å²) in [7, 11) is -4.02. The molecule has 0 spiro atoms. The average molecular weight is 445 g/mol. The van der Waals surface area contributed by atoms with Crippen LogP contribution in [-0.4, -0.2) is 49.6 Å². The minimum Gasteiger partial charge on any atom is -0.393 e. The van der Waals surface area contributed by atoms with Crippen molar-refractivity contribution in [1.29, 1.82) is 0 Å². The van der Waals surface area contributed by atoms with Crippen LogP contribution in [0.5, 0.6) is 0 Å². The molecule has 6 nitrogen and oxygen atoms in total. The highest BCUT2D eigenvalue weighted by Crippen LogP contribution is 2.68. The van der Waals surface area contributed by atoms with Crippen LogP contribution in [0.2, 0.25) is 0 Å². The van der Waals surface area contributed by atoms with Crippen LogP contribution in [0.4, 0.5) is 0 Å². The number of rotatable bonds is 4. The topological polar surface area (TPSA) is 118 Å². The molecule has 0 radical (unpaired) electrons. The summed E-state index contributed by atoms with van der Waals surface area (Å²) in [6.07, 6.45) is 5.16. The molecule has 5 N–H and O–H groups in total. The van der Waals surface area contributed by atoms with Gasteiger partial charge < -0.3 is 25.1 Å². The molecule has 0 unspecified atom stereocenters. The molecule has 4 fully saturated rings.